The third-order valence-electron chi connectivity index (χ3n) is 3.09. The van der Waals surface area contributed by atoms with E-state index in [1.165, 1.54) is 0 Å². The molecule has 0 saturated carbocycles. The molecule has 0 amide bonds. The van der Waals surface area contributed by atoms with Gasteiger partial charge in [-0.25, -0.2) is 0 Å². The van der Waals surface area contributed by atoms with Gasteiger partial charge in [0.05, 0.1) is 12.7 Å². The molecule has 16 heavy (non-hydrogen) atoms. The molecule has 0 aromatic heterocycles. The van der Waals surface area contributed by atoms with Gasteiger partial charge >= 0.3 is 0 Å². The normalized spacial score (nSPS) is 44.8. The van der Waals surface area contributed by atoms with Crippen LogP contribution in [0.15, 0.2) is 0 Å². The zero-order valence-electron chi connectivity index (χ0n) is 9.08. The van der Waals surface area contributed by atoms with Crippen LogP contribution in [0.1, 0.15) is 12.8 Å². The fraction of sp³-hybridized carbons (Fsp3) is 1.00. The number of hydrogen-bond donors (Lipinski definition) is 4. The number of piperidine rings is 1. The van der Waals surface area contributed by atoms with Crippen molar-refractivity contribution in [3.05, 3.63) is 0 Å². The molecule has 0 radical (unpaired) electrons. The quantitative estimate of drug-likeness (QED) is 0.459. The molecule has 0 aromatic rings. The van der Waals surface area contributed by atoms with Crippen molar-refractivity contribution in [1.82, 2.24) is 5.32 Å². The topological polar surface area (TPSA) is 91.2 Å². The van der Waals surface area contributed by atoms with Crippen LogP contribution in [0.25, 0.3) is 0 Å². The summed E-state index contributed by atoms with van der Waals surface area (Å²) in [6.07, 6.45) is -2.09. The van der Waals surface area contributed by atoms with Gasteiger partial charge in [0.15, 0.2) is 6.29 Å². The Hall–Kier alpha value is -0.240. The lowest BCUT2D eigenvalue weighted by atomic mass is 10.1. The van der Waals surface area contributed by atoms with Crippen LogP contribution in [0.4, 0.5) is 0 Å². The minimum Gasteiger partial charge on any atom is -0.387 e. The lowest BCUT2D eigenvalue weighted by Gasteiger charge is -2.25. The number of rotatable bonds is 3. The molecule has 2 aliphatic heterocycles. The summed E-state index contributed by atoms with van der Waals surface area (Å²) in [4.78, 5) is 0. The molecule has 2 heterocycles. The molecule has 5 unspecified atom stereocenters. The van der Waals surface area contributed by atoms with E-state index < -0.39 is 24.6 Å². The van der Waals surface area contributed by atoms with E-state index in [9.17, 15) is 15.3 Å². The summed E-state index contributed by atoms with van der Waals surface area (Å²) in [5, 5.41) is 31.2. The third-order valence-corrected chi connectivity index (χ3v) is 3.09. The van der Waals surface area contributed by atoms with Crippen LogP contribution in [-0.2, 0) is 9.47 Å². The Morgan fingerprint density at radius 2 is 2.06 bits per heavy atom. The second-order valence-electron chi connectivity index (χ2n) is 4.35. The third kappa shape index (κ3) is 2.71. The summed E-state index contributed by atoms with van der Waals surface area (Å²) in [5.41, 5.74) is 0. The molecule has 94 valence electrons. The minimum absolute atomic E-state index is 0.124. The van der Waals surface area contributed by atoms with Gasteiger partial charge in [0, 0.05) is 6.54 Å². The van der Waals surface area contributed by atoms with Gasteiger partial charge in [-0.3, -0.25) is 0 Å². The van der Waals surface area contributed by atoms with Gasteiger partial charge in [-0.1, -0.05) is 0 Å². The summed E-state index contributed by atoms with van der Waals surface area (Å²) < 4.78 is 10.6. The zero-order chi connectivity index (χ0) is 11.5. The van der Waals surface area contributed by atoms with Gasteiger partial charge in [-0.05, 0) is 19.4 Å². The van der Waals surface area contributed by atoms with E-state index in [0.717, 1.165) is 25.9 Å². The molecular weight excluding hydrogens is 214 g/mol. The maximum atomic E-state index is 9.53. The molecule has 2 aliphatic rings. The van der Waals surface area contributed by atoms with Crippen molar-refractivity contribution >= 4 is 0 Å². The largest absolute Gasteiger partial charge is 0.387 e. The summed E-state index contributed by atoms with van der Waals surface area (Å²) in [6.45, 7) is 2.01. The average Bonchev–Trinajstić information content (AvgIpc) is 2.56. The molecule has 0 aromatic carbocycles. The molecule has 2 fully saturated rings. The Morgan fingerprint density at radius 1 is 1.25 bits per heavy atom. The van der Waals surface area contributed by atoms with E-state index in [0.29, 0.717) is 0 Å². The number of ether oxygens (including phenoxy) is 2. The van der Waals surface area contributed by atoms with E-state index >= 15 is 0 Å². The average molecular weight is 233 g/mol. The Bertz CT molecular complexity index is 221. The predicted octanol–water partition coefficient (Wildman–Crippen LogP) is -1.81. The van der Waals surface area contributed by atoms with Crippen LogP contribution in [-0.4, -0.2) is 65.7 Å². The maximum absolute atomic E-state index is 9.53. The second-order valence-corrected chi connectivity index (χ2v) is 4.35. The van der Waals surface area contributed by atoms with Crippen LogP contribution in [0.5, 0.6) is 0 Å². The highest BCUT2D eigenvalue weighted by Crippen LogP contribution is 2.20. The van der Waals surface area contributed by atoms with Gasteiger partial charge < -0.3 is 30.1 Å². The maximum Gasteiger partial charge on any atom is 0.184 e. The van der Waals surface area contributed by atoms with Crippen molar-refractivity contribution in [2.75, 3.05) is 19.7 Å². The van der Waals surface area contributed by atoms with Crippen molar-refractivity contribution in [2.24, 2.45) is 0 Å². The summed E-state index contributed by atoms with van der Waals surface area (Å²) >= 11 is 0. The SMILES string of the molecule is OC1OC(COC2CCCNC2)C(O)C1O. The highest BCUT2D eigenvalue weighted by atomic mass is 16.7. The first-order chi connectivity index (χ1) is 7.68. The van der Waals surface area contributed by atoms with Crippen molar-refractivity contribution < 1.29 is 24.8 Å². The lowest BCUT2D eigenvalue weighted by molar-refractivity contribution is -0.141. The monoisotopic (exact) mass is 233 g/mol. The zero-order valence-corrected chi connectivity index (χ0v) is 9.08. The Morgan fingerprint density at radius 3 is 2.62 bits per heavy atom. The van der Waals surface area contributed by atoms with E-state index in [4.69, 9.17) is 9.47 Å². The van der Waals surface area contributed by atoms with Gasteiger partial charge in [-0.15, -0.1) is 0 Å². The highest BCUT2D eigenvalue weighted by Gasteiger charge is 2.42. The summed E-state index contributed by atoms with van der Waals surface area (Å²) in [5.74, 6) is 0. The Labute approximate surface area is 94.2 Å². The molecule has 0 aliphatic carbocycles. The van der Waals surface area contributed by atoms with Crippen molar-refractivity contribution in [1.29, 1.82) is 0 Å². The molecule has 4 N–H and O–H groups in total. The second kappa shape index (κ2) is 5.39. The summed E-state index contributed by atoms with van der Waals surface area (Å²) in [6, 6.07) is 0. The lowest BCUT2D eigenvalue weighted by Crippen LogP contribution is -2.39. The number of nitrogens with one attached hydrogen (secondary N) is 1. The Kier molecular flexibility index (Phi) is 4.12. The fourth-order valence-corrected chi connectivity index (χ4v) is 2.06. The molecule has 2 saturated heterocycles. The number of aliphatic hydroxyl groups excluding tert-OH is 3. The first-order valence-corrected chi connectivity index (χ1v) is 5.70. The fourth-order valence-electron chi connectivity index (χ4n) is 2.06. The van der Waals surface area contributed by atoms with E-state index in [1.807, 2.05) is 0 Å². The van der Waals surface area contributed by atoms with Crippen LogP contribution < -0.4 is 5.32 Å². The van der Waals surface area contributed by atoms with E-state index in [2.05, 4.69) is 5.32 Å². The first kappa shape index (κ1) is 12.2. The van der Waals surface area contributed by atoms with Crippen molar-refractivity contribution in [3.8, 4) is 0 Å². The van der Waals surface area contributed by atoms with Gasteiger partial charge in [0.25, 0.3) is 0 Å². The van der Waals surface area contributed by atoms with Crippen LogP contribution in [0, 0.1) is 0 Å². The van der Waals surface area contributed by atoms with Crippen molar-refractivity contribution in [2.45, 2.75) is 43.5 Å². The Balaban J connectivity index is 1.73. The molecule has 5 atom stereocenters. The van der Waals surface area contributed by atoms with Gasteiger partial charge in [0.2, 0.25) is 0 Å². The first-order valence-electron chi connectivity index (χ1n) is 5.70. The van der Waals surface area contributed by atoms with Crippen LogP contribution >= 0.6 is 0 Å². The molecule has 6 nitrogen and oxygen atoms in total. The van der Waals surface area contributed by atoms with Crippen molar-refractivity contribution in [3.63, 3.8) is 0 Å². The molecule has 2 rings (SSSR count). The number of aliphatic hydroxyl groups is 3. The van der Waals surface area contributed by atoms with Gasteiger partial charge in [0.1, 0.15) is 18.3 Å². The molecule has 0 spiro atoms. The van der Waals surface area contributed by atoms with Crippen LogP contribution in [0.2, 0.25) is 0 Å². The van der Waals surface area contributed by atoms with Crippen LogP contribution in [0.3, 0.4) is 0 Å². The van der Waals surface area contributed by atoms with Gasteiger partial charge in [-0.2, -0.15) is 0 Å². The molecule has 0 bridgehead atoms. The van der Waals surface area contributed by atoms with E-state index in [1.54, 1.807) is 0 Å². The number of hydrogen-bond acceptors (Lipinski definition) is 6. The molecular formula is C10H19NO5. The highest BCUT2D eigenvalue weighted by molar-refractivity contribution is 4.86. The summed E-state index contributed by atoms with van der Waals surface area (Å²) in [7, 11) is 0. The smallest absolute Gasteiger partial charge is 0.184 e. The van der Waals surface area contributed by atoms with E-state index in [-0.39, 0.29) is 12.7 Å². The molecule has 6 heteroatoms. The standard InChI is InChI=1S/C10H19NO5/c12-8-7(16-10(14)9(8)13)5-15-6-2-1-3-11-4-6/h6-14H,1-5H2. The predicted molar refractivity (Wildman–Crippen MR) is 54.7 cm³/mol. The minimum atomic E-state index is -1.31.